The molecular weight excluding hydrogens is 336 g/mol. The van der Waals surface area contributed by atoms with Gasteiger partial charge in [-0.05, 0) is 42.5 Å². The molecule has 5 heteroatoms. The second-order valence-electron chi connectivity index (χ2n) is 7.62. The molecule has 27 heavy (non-hydrogen) atoms. The van der Waals surface area contributed by atoms with Crippen LogP contribution < -0.4 is 16.0 Å². The number of hydrogen-bond donors (Lipinski definition) is 2. The van der Waals surface area contributed by atoms with E-state index in [-0.39, 0.29) is 23.8 Å². The van der Waals surface area contributed by atoms with E-state index in [4.69, 9.17) is 5.73 Å². The molecule has 1 aliphatic heterocycles. The van der Waals surface area contributed by atoms with Crippen LogP contribution >= 0.6 is 0 Å². The van der Waals surface area contributed by atoms with E-state index in [0.717, 1.165) is 29.8 Å². The third kappa shape index (κ3) is 2.56. The Bertz CT molecular complexity index is 930. The quantitative estimate of drug-likeness (QED) is 0.808. The zero-order valence-electron chi connectivity index (χ0n) is 15.6. The number of nitrogens with zero attached hydrogens (tertiary/aromatic N) is 2. The van der Waals surface area contributed by atoms with E-state index in [9.17, 15) is 10.1 Å². The number of amides is 1. The number of carbonyl (C=O) groups excluding carboxylic acids is 1. The maximum atomic E-state index is 12.7. The van der Waals surface area contributed by atoms with Gasteiger partial charge >= 0.3 is 0 Å². The molecule has 138 valence electrons. The lowest BCUT2D eigenvalue weighted by molar-refractivity contribution is -0.118. The summed E-state index contributed by atoms with van der Waals surface area (Å²) in [4.78, 5) is 14.4. The summed E-state index contributed by atoms with van der Waals surface area (Å²) in [5.74, 6) is 0.0287. The molecule has 3 N–H and O–H groups in total. The predicted octanol–water partition coefficient (Wildman–Crippen LogP) is 4.10. The van der Waals surface area contributed by atoms with Gasteiger partial charge in [-0.15, -0.1) is 0 Å². The van der Waals surface area contributed by atoms with Gasteiger partial charge in [-0.25, -0.2) is 0 Å². The molecule has 0 saturated heterocycles. The van der Waals surface area contributed by atoms with Gasteiger partial charge in [0.2, 0.25) is 5.91 Å². The van der Waals surface area contributed by atoms with Gasteiger partial charge in [0.1, 0.15) is 5.54 Å². The van der Waals surface area contributed by atoms with E-state index >= 15 is 0 Å². The lowest BCUT2D eigenvalue weighted by atomic mass is 9.70. The number of para-hydroxylation sites is 3. The van der Waals surface area contributed by atoms with Gasteiger partial charge < -0.3 is 11.1 Å². The summed E-state index contributed by atoms with van der Waals surface area (Å²) in [5, 5.41) is 13.9. The minimum Gasteiger partial charge on any atom is -0.397 e. The molecule has 5 nitrogen and oxygen atoms in total. The number of nitriles is 1. The molecule has 1 saturated carbocycles. The van der Waals surface area contributed by atoms with Gasteiger partial charge in [-0.3, -0.25) is 9.69 Å². The Labute approximate surface area is 159 Å². The summed E-state index contributed by atoms with van der Waals surface area (Å²) in [6, 6.07) is 18.0. The van der Waals surface area contributed by atoms with Crippen LogP contribution in [0, 0.1) is 23.2 Å². The zero-order chi connectivity index (χ0) is 19.2. The van der Waals surface area contributed by atoms with E-state index in [2.05, 4.69) is 18.3 Å². The molecular formula is C22H24N4O. The number of benzene rings is 2. The van der Waals surface area contributed by atoms with Crippen LogP contribution in [0.25, 0.3) is 0 Å². The van der Waals surface area contributed by atoms with Gasteiger partial charge in [0.15, 0.2) is 0 Å². The highest BCUT2D eigenvalue weighted by Gasteiger charge is 2.59. The van der Waals surface area contributed by atoms with Crippen LogP contribution in [0.4, 0.5) is 17.1 Å². The summed E-state index contributed by atoms with van der Waals surface area (Å²) >= 11 is 0. The fourth-order valence-electron chi connectivity index (χ4n) is 4.63. The molecule has 0 unspecified atom stereocenters. The van der Waals surface area contributed by atoms with Crippen LogP contribution in [-0.2, 0) is 4.79 Å². The predicted molar refractivity (Wildman–Crippen MR) is 107 cm³/mol. The minimum atomic E-state index is -0.846. The van der Waals surface area contributed by atoms with Crippen molar-refractivity contribution in [2.45, 2.75) is 38.3 Å². The highest BCUT2D eigenvalue weighted by Crippen LogP contribution is 2.56. The van der Waals surface area contributed by atoms with E-state index in [1.165, 1.54) is 0 Å². The second kappa shape index (κ2) is 6.31. The second-order valence-corrected chi connectivity index (χ2v) is 7.62. The Morgan fingerprint density at radius 3 is 2.52 bits per heavy atom. The number of carbonyl (C=O) groups is 1. The number of hydrogen-bond acceptors (Lipinski definition) is 4. The van der Waals surface area contributed by atoms with Crippen LogP contribution in [-0.4, -0.2) is 11.4 Å². The third-order valence-electron chi connectivity index (χ3n) is 6.04. The lowest BCUT2D eigenvalue weighted by Gasteiger charge is -2.51. The average molecular weight is 360 g/mol. The van der Waals surface area contributed by atoms with E-state index in [1.54, 1.807) is 11.8 Å². The van der Waals surface area contributed by atoms with Gasteiger partial charge in [0.25, 0.3) is 0 Å². The third-order valence-corrected chi connectivity index (χ3v) is 6.04. The first-order valence-corrected chi connectivity index (χ1v) is 9.42. The molecule has 1 heterocycles. The summed E-state index contributed by atoms with van der Waals surface area (Å²) in [6.45, 7) is 3.63. The molecule has 1 aliphatic carbocycles. The Hall–Kier alpha value is -3.00. The normalized spacial score (nSPS) is 26.8. The van der Waals surface area contributed by atoms with Crippen molar-refractivity contribution in [2.24, 2.45) is 11.8 Å². The Morgan fingerprint density at radius 2 is 1.89 bits per heavy atom. The van der Waals surface area contributed by atoms with Crippen LogP contribution in [0.1, 0.15) is 38.3 Å². The maximum Gasteiger partial charge on any atom is 0.225 e. The SMILES string of the molecule is CC(=O)N1c2ccccc2[C@H](Nc2ccccc2N)[C@@H](C)[C@]1(C#N)C1CC1. The molecule has 1 amide bonds. The largest absolute Gasteiger partial charge is 0.397 e. The molecule has 0 spiro atoms. The number of nitrogen functional groups attached to an aromatic ring is 1. The number of nitrogens with one attached hydrogen (secondary N) is 1. The van der Waals surface area contributed by atoms with E-state index in [0.29, 0.717) is 5.69 Å². The van der Waals surface area contributed by atoms with Crippen molar-refractivity contribution < 1.29 is 4.79 Å². The first kappa shape index (κ1) is 17.4. The molecule has 0 bridgehead atoms. The molecule has 3 atom stereocenters. The average Bonchev–Trinajstić information content (AvgIpc) is 3.50. The molecule has 2 aromatic carbocycles. The molecule has 1 fully saturated rings. The fourth-order valence-corrected chi connectivity index (χ4v) is 4.63. The summed E-state index contributed by atoms with van der Waals surface area (Å²) in [5.41, 5.74) is 8.68. The number of rotatable bonds is 3. The highest BCUT2D eigenvalue weighted by atomic mass is 16.2. The van der Waals surface area contributed by atoms with E-state index < -0.39 is 5.54 Å². The van der Waals surface area contributed by atoms with Crippen molar-refractivity contribution in [3.63, 3.8) is 0 Å². The summed E-state index contributed by atoms with van der Waals surface area (Å²) in [7, 11) is 0. The van der Waals surface area contributed by atoms with Crippen molar-refractivity contribution in [2.75, 3.05) is 16.0 Å². The van der Waals surface area contributed by atoms with Crippen LogP contribution in [0.5, 0.6) is 0 Å². The van der Waals surface area contributed by atoms with Gasteiger partial charge in [0, 0.05) is 12.8 Å². The topological polar surface area (TPSA) is 82.2 Å². The Morgan fingerprint density at radius 1 is 1.22 bits per heavy atom. The van der Waals surface area contributed by atoms with Crippen molar-refractivity contribution in [3.8, 4) is 6.07 Å². The van der Waals surface area contributed by atoms with Gasteiger partial charge in [-0.2, -0.15) is 5.26 Å². The van der Waals surface area contributed by atoms with Crippen LogP contribution in [0.2, 0.25) is 0 Å². The number of anilines is 3. The van der Waals surface area contributed by atoms with Crippen LogP contribution in [0.3, 0.4) is 0 Å². The molecule has 4 rings (SSSR count). The van der Waals surface area contributed by atoms with Crippen molar-refractivity contribution >= 4 is 23.0 Å². The van der Waals surface area contributed by atoms with E-state index in [1.807, 2.05) is 48.5 Å². The van der Waals surface area contributed by atoms with Crippen molar-refractivity contribution in [3.05, 3.63) is 54.1 Å². The fraction of sp³-hybridized carbons (Fsp3) is 0.364. The lowest BCUT2D eigenvalue weighted by Crippen LogP contribution is -2.61. The van der Waals surface area contributed by atoms with Crippen molar-refractivity contribution in [1.82, 2.24) is 0 Å². The Balaban J connectivity index is 1.89. The highest BCUT2D eigenvalue weighted by molar-refractivity contribution is 5.96. The molecule has 2 aliphatic rings. The summed E-state index contributed by atoms with van der Waals surface area (Å²) in [6.07, 6.45) is 1.95. The summed E-state index contributed by atoms with van der Waals surface area (Å²) < 4.78 is 0. The van der Waals surface area contributed by atoms with Crippen LogP contribution in [0.15, 0.2) is 48.5 Å². The maximum absolute atomic E-state index is 12.7. The van der Waals surface area contributed by atoms with Crippen molar-refractivity contribution in [1.29, 1.82) is 5.26 Å². The molecule has 2 aromatic rings. The number of fused-ring (bicyclic) bond motifs is 1. The monoisotopic (exact) mass is 360 g/mol. The Kier molecular flexibility index (Phi) is 4.07. The minimum absolute atomic E-state index is 0.0829. The van der Waals surface area contributed by atoms with Gasteiger partial charge in [-0.1, -0.05) is 37.3 Å². The molecule has 0 aromatic heterocycles. The first-order valence-electron chi connectivity index (χ1n) is 9.42. The standard InChI is InChI=1S/C22H24N4O/c1-14-21(25-19-9-5-4-8-18(19)24)17-7-3-6-10-20(17)26(15(2)27)22(14,13-23)16-11-12-16/h3-10,14,16,21,25H,11-12,24H2,1-2H3/t14-,21-,22-/m1/s1. The zero-order valence-corrected chi connectivity index (χ0v) is 15.6. The number of nitrogens with two attached hydrogens (primary N) is 1. The van der Waals surface area contributed by atoms with Gasteiger partial charge in [0.05, 0.1) is 29.2 Å². The smallest absolute Gasteiger partial charge is 0.225 e. The first-order chi connectivity index (χ1) is 13.0. The molecule has 0 radical (unpaired) electrons.